The van der Waals surface area contributed by atoms with Crippen molar-refractivity contribution in [1.82, 2.24) is 14.2 Å². The molecule has 0 saturated carbocycles. The zero-order chi connectivity index (χ0) is 18.7. The summed E-state index contributed by atoms with van der Waals surface area (Å²) in [5, 5.41) is 8.24. The number of rotatable bonds is 4. The highest BCUT2D eigenvalue weighted by atomic mass is 32.2. The molecule has 0 aromatic carbocycles. The van der Waals surface area contributed by atoms with Crippen molar-refractivity contribution < 1.29 is 27.9 Å². The highest BCUT2D eigenvalue weighted by Gasteiger charge is 2.37. The van der Waals surface area contributed by atoms with Gasteiger partial charge in [0, 0.05) is 32.4 Å². The molecule has 2 aliphatic rings. The van der Waals surface area contributed by atoms with Gasteiger partial charge < -0.3 is 14.7 Å². The van der Waals surface area contributed by atoms with Gasteiger partial charge >= 0.3 is 5.97 Å². The van der Waals surface area contributed by atoms with Crippen LogP contribution in [0.25, 0.3) is 0 Å². The van der Waals surface area contributed by atoms with E-state index in [1.54, 1.807) is 0 Å². The van der Waals surface area contributed by atoms with Gasteiger partial charge in [0.2, 0.25) is 10.0 Å². The maximum absolute atomic E-state index is 12.8. The van der Waals surface area contributed by atoms with Gasteiger partial charge in [-0.3, -0.25) is 4.79 Å². The summed E-state index contributed by atoms with van der Waals surface area (Å²) in [6, 6.07) is 2.67. The second kappa shape index (κ2) is 7.68. The van der Waals surface area contributed by atoms with Crippen molar-refractivity contribution in [2.24, 2.45) is 0 Å². The summed E-state index contributed by atoms with van der Waals surface area (Å²) < 4.78 is 32.3. The van der Waals surface area contributed by atoms with Crippen molar-refractivity contribution in [2.45, 2.75) is 18.1 Å². The number of hydrogen-bond donors (Lipinski definition) is 1. The lowest BCUT2D eigenvalue weighted by molar-refractivity contribution is 0.0677. The third-order valence-corrected chi connectivity index (χ3v) is 6.96. The fourth-order valence-electron chi connectivity index (χ4n) is 3.21. The number of pyridine rings is 1. The van der Waals surface area contributed by atoms with Gasteiger partial charge in [0.05, 0.1) is 24.0 Å². The second-order valence-electron chi connectivity index (χ2n) is 6.31. The molecule has 26 heavy (non-hydrogen) atoms. The number of nitrogens with zero attached hydrogens (tertiary/aromatic N) is 3. The van der Waals surface area contributed by atoms with E-state index >= 15 is 0 Å². The fraction of sp³-hybridized carbons (Fsp3) is 0.562. The number of carboxylic acids is 1. The third kappa shape index (κ3) is 3.87. The van der Waals surface area contributed by atoms with Crippen molar-refractivity contribution in [3.63, 3.8) is 0 Å². The minimum atomic E-state index is -3.49. The number of sulfonamides is 1. The van der Waals surface area contributed by atoms with Gasteiger partial charge in [0.1, 0.15) is 5.69 Å². The Morgan fingerprint density at radius 1 is 1.19 bits per heavy atom. The first-order valence-electron chi connectivity index (χ1n) is 8.45. The van der Waals surface area contributed by atoms with Gasteiger partial charge in [0.25, 0.3) is 5.91 Å². The average molecular weight is 383 g/mol. The molecule has 3 heterocycles. The van der Waals surface area contributed by atoms with E-state index in [-0.39, 0.29) is 23.7 Å². The molecule has 1 aromatic heterocycles. The number of aromatic carboxylic acids is 1. The van der Waals surface area contributed by atoms with E-state index in [2.05, 4.69) is 4.98 Å². The molecular formula is C16H21N3O6S. The van der Waals surface area contributed by atoms with Crippen molar-refractivity contribution in [2.75, 3.05) is 39.4 Å². The van der Waals surface area contributed by atoms with Gasteiger partial charge in [-0.25, -0.2) is 18.2 Å². The van der Waals surface area contributed by atoms with E-state index in [4.69, 9.17) is 9.84 Å². The van der Waals surface area contributed by atoms with E-state index in [1.165, 1.54) is 27.5 Å². The lowest BCUT2D eigenvalue weighted by atomic mass is 10.1. The molecule has 1 aromatic rings. The van der Waals surface area contributed by atoms with Crippen LogP contribution in [0.4, 0.5) is 0 Å². The molecule has 2 fully saturated rings. The molecule has 1 N–H and O–H groups in total. The lowest BCUT2D eigenvalue weighted by Crippen LogP contribution is -2.51. The van der Waals surface area contributed by atoms with E-state index in [0.717, 1.165) is 0 Å². The molecule has 9 nitrogen and oxygen atoms in total. The first-order valence-corrected chi connectivity index (χ1v) is 9.95. The fourth-order valence-corrected chi connectivity index (χ4v) is 5.12. The summed E-state index contributed by atoms with van der Waals surface area (Å²) in [5.74, 6) is -1.50. The van der Waals surface area contributed by atoms with Crippen molar-refractivity contribution in [1.29, 1.82) is 0 Å². The average Bonchev–Trinajstić information content (AvgIpc) is 2.68. The molecule has 142 valence electrons. The number of aromatic nitrogens is 1. The smallest absolute Gasteiger partial charge is 0.354 e. The van der Waals surface area contributed by atoms with Gasteiger partial charge in [-0.15, -0.1) is 0 Å². The standard InChI is InChI=1S/C16H21N3O6S/c20-15(12-3-4-14(16(21)22)17-10-12)18-5-1-2-13(11-18)26(23,24)19-6-8-25-9-7-19/h3-4,10,13H,1-2,5-9,11H2,(H,21,22). The van der Waals surface area contributed by atoms with Crippen molar-refractivity contribution in [3.05, 3.63) is 29.6 Å². The molecule has 1 unspecified atom stereocenters. The van der Waals surface area contributed by atoms with E-state index in [9.17, 15) is 18.0 Å². The Hall–Kier alpha value is -2.04. The second-order valence-corrected chi connectivity index (χ2v) is 8.52. The monoisotopic (exact) mass is 383 g/mol. The normalized spacial score (nSPS) is 22.2. The Kier molecular flexibility index (Phi) is 5.54. The summed E-state index contributed by atoms with van der Waals surface area (Å²) in [6.45, 7) is 2.04. The number of carboxylic acid groups (broad SMARTS) is 1. The van der Waals surface area contributed by atoms with Crippen LogP contribution < -0.4 is 0 Å². The summed E-state index contributed by atoms with van der Waals surface area (Å²) >= 11 is 0. The Morgan fingerprint density at radius 3 is 2.54 bits per heavy atom. The molecule has 2 saturated heterocycles. The van der Waals surface area contributed by atoms with E-state index in [0.29, 0.717) is 45.7 Å². The first kappa shape index (κ1) is 18.7. The molecule has 2 aliphatic heterocycles. The zero-order valence-electron chi connectivity index (χ0n) is 14.2. The molecule has 10 heteroatoms. The highest BCUT2D eigenvalue weighted by Crippen LogP contribution is 2.22. The quantitative estimate of drug-likeness (QED) is 0.780. The Labute approximate surface area is 151 Å². The largest absolute Gasteiger partial charge is 0.477 e. The highest BCUT2D eigenvalue weighted by molar-refractivity contribution is 7.89. The zero-order valence-corrected chi connectivity index (χ0v) is 15.0. The van der Waals surface area contributed by atoms with Crippen LogP contribution >= 0.6 is 0 Å². The van der Waals surface area contributed by atoms with Crippen LogP contribution in [0.5, 0.6) is 0 Å². The van der Waals surface area contributed by atoms with Crippen LogP contribution in [0.1, 0.15) is 33.7 Å². The molecule has 0 spiro atoms. The van der Waals surface area contributed by atoms with Crippen LogP contribution in [0.2, 0.25) is 0 Å². The summed E-state index contributed by atoms with van der Waals surface area (Å²) in [7, 11) is -3.49. The number of carbonyl (C=O) groups is 2. The SMILES string of the molecule is O=C(O)c1ccc(C(=O)N2CCCC(S(=O)(=O)N3CCOCC3)C2)cn1. The lowest BCUT2D eigenvalue weighted by Gasteiger charge is -2.36. The van der Waals surface area contributed by atoms with E-state index < -0.39 is 21.2 Å². The number of morpholine rings is 1. The number of likely N-dealkylation sites (tertiary alicyclic amines) is 1. The van der Waals surface area contributed by atoms with Gasteiger partial charge in [0.15, 0.2) is 0 Å². The van der Waals surface area contributed by atoms with Crippen LogP contribution in [0, 0.1) is 0 Å². The number of carbonyl (C=O) groups excluding carboxylic acids is 1. The van der Waals surface area contributed by atoms with E-state index in [1.807, 2.05) is 0 Å². The number of ether oxygens (including phenoxy) is 1. The number of hydrogen-bond acceptors (Lipinski definition) is 6. The third-order valence-electron chi connectivity index (χ3n) is 4.65. The predicted molar refractivity (Wildman–Crippen MR) is 91.4 cm³/mol. The topological polar surface area (TPSA) is 117 Å². The summed E-state index contributed by atoms with van der Waals surface area (Å²) in [4.78, 5) is 28.7. The Morgan fingerprint density at radius 2 is 1.92 bits per heavy atom. The maximum atomic E-state index is 12.8. The van der Waals surface area contributed by atoms with Crippen molar-refractivity contribution >= 4 is 21.9 Å². The molecule has 1 amide bonds. The molecule has 0 aliphatic carbocycles. The Bertz CT molecular complexity index is 774. The molecular weight excluding hydrogens is 362 g/mol. The summed E-state index contributed by atoms with van der Waals surface area (Å²) in [6.07, 6.45) is 2.33. The maximum Gasteiger partial charge on any atom is 0.354 e. The predicted octanol–water partition coefficient (Wildman–Crippen LogP) is 0.0464. The number of piperidine rings is 1. The molecule has 0 radical (unpaired) electrons. The summed E-state index contributed by atoms with van der Waals surface area (Å²) in [5.41, 5.74) is 0.104. The van der Waals surface area contributed by atoms with Crippen LogP contribution in [-0.2, 0) is 14.8 Å². The minimum absolute atomic E-state index is 0.124. The van der Waals surface area contributed by atoms with Gasteiger partial charge in [-0.1, -0.05) is 0 Å². The van der Waals surface area contributed by atoms with Crippen LogP contribution in [0.15, 0.2) is 18.3 Å². The molecule has 3 rings (SSSR count). The molecule has 1 atom stereocenters. The minimum Gasteiger partial charge on any atom is -0.477 e. The van der Waals surface area contributed by atoms with Gasteiger partial charge in [-0.2, -0.15) is 4.31 Å². The number of amides is 1. The Balaban J connectivity index is 1.71. The van der Waals surface area contributed by atoms with Crippen LogP contribution in [0.3, 0.4) is 0 Å². The van der Waals surface area contributed by atoms with Crippen molar-refractivity contribution in [3.8, 4) is 0 Å². The van der Waals surface area contributed by atoms with Crippen LogP contribution in [-0.4, -0.2) is 84.2 Å². The molecule has 0 bridgehead atoms. The first-order chi connectivity index (χ1) is 12.4. The van der Waals surface area contributed by atoms with Gasteiger partial charge in [-0.05, 0) is 25.0 Å².